The zero-order valence-corrected chi connectivity index (χ0v) is 19.3. The molecule has 0 atom stereocenters. The second kappa shape index (κ2) is 10.6. The van der Waals surface area contributed by atoms with Crippen LogP contribution in [0.1, 0.15) is 27.9 Å². The van der Waals surface area contributed by atoms with Gasteiger partial charge in [-0.1, -0.05) is 30.9 Å². The second-order valence-corrected chi connectivity index (χ2v) is 8.37. The number of aromatic nitrogens is 1. The maximum atomic E-state index is 12.9. The number of nitrogens with zero attached hydrogens (tertiary/aromatic N) is 1. The molecule has 0 unspecified atom stereocenters. The zero-order chi connectivity index (χ0) is 24.9. The van der Waals surface area contributed by atoms with Crippen molar-refractivity contribution in [3.63, 3.8) is 0 Å². The van der Waals surface area contributed by atoms with E-state index in [1.165, 1.54) is 23.5 Å². The van der Waals surface area contributed by atoms with Crippen molar-refractivity contribution in [2.24, 2.45) is 0 Å². The number of ether oxygens (including phenoxy) is 2. The Labute approximate surface area is 198 Å². The number of halogens is 3. The van der Waals surface area contributed by atoms with Crippen LogP contribution in [0.4, 0.5) is 13.2 Å². The molecular formula is C25H22F3NO4S. The lowest BCUT2D eigenvalue weighted by atomic mass is 10.1. The minimum absolute atomic E-state index is 0.135. The van der Waals surface area contributed by atoms with E-state index in [9.17, 15) is 18.0 Å². The van der Waals surface area contributed by atoms with E-state index in [4.69, 9.17) is 14.6 Å². The first kappa shape index (κ1) is 25.0. The Balaban J connectivity index is 1.82. The van der Waals surface area contributed by atoms with Crippen molar-refractivity contribution in [2.45, 2.75) is 26.6 Å². The van der Waals surface area contributed by atoms with Crippen LogP contribution in [-0.2, 0) is 17.6 Å². The molecule has 9 heteroatoms. The second-order valence-electron chi connectivity index (χ2n) is 7.28. The van der Waals surface area contributed by atoms with Gasteiger partial charge in [0.1, 0.15) is 23.1 Å². The molecule has 0 amide bonds. The highest BCUT2D eigenvalue weighted by molar-refractivity contribution is 7.13. The molecule has 0 saturated carbocycles. The van der Waals surface area contributed by atoms with Crippen LogP contribution in [0.5, 0.6) is 11.5 Å². The summed E-state index contributed by atoms with van der Waals surface area (Å²) < 4.78 is 49.9. The smallest absolute Gasteiger partial charge is 0.416 e. The first-order valence-electron chi connectivity index (χ1n) is 10.2. The summed E-state index contributed by atoms with van der Waals surface area (Å²) >= 11 is 1.35. The van der Waals surface area contributed by atoms with Gasteiger partial charge in [-0.25, -0.2) is 9.78 Å². The van der Waals surface area contributed by atoms with E-state index in [-0.39, 0.29) is 6.61 Å². The number of aliphatic carboxylic acids is 1. The van der Waals surface area contributed by atoms with Gasteiger partial charge in [-0.15, -0.1) is 11.3 Å². The molecule has 3 aromatic rings. The fourth-order valence-electron chi connectivity index (χ4n) is 3.09. The SMILES string of the molecule is C=C(/C=C\C)c1sc(COc2ccc(OCC(=O)O)c(C)c2)nc1-c1ccc(C(F)(F)F)cc1. The zero-order valence-electron chi connectivity index (χ0n) is 18.5. The molecule has 0 aliphatic carbocycles. The molecule has 0 saturated heterocycles. The molecule has 0 spiro atoms. The number of allylic oxidation sites excluding steroid dienone is 3. The predicted octanol–water partition coefficient (Wildman–Crippen LogP) is 6.77. The molecule has 34 heavy (non-hydrogen) atoms. The standard InChI is InChI=1S/C25H22F3NO4S/c1-4-5-15(2)24-23(17-6-8-18(9-7-17)25(26,27)28)29-21(34-24)13-32-19-10-11-20(16(3)12-19)33-14-22(30)31/h4-12H,2,13-14H2,1,3H3,(H,30,31)/b5-4-. The Morgan fingerprint density at radius 1 is 1.18 bits per heavy atom. The largest absolute Gasteiger partial charge is 0.486 e. The van der Waals surface area contributed by atoms with Gasteiger partial charge >= 0.3 is 12.1 Å². The number of thiazole rings is 1. The lowest BCUT2D eigenvalue weighted by Crippen LogP contribution is -2.10. The molecule has 1 aromatic heterocycles. The van der Waals surface area contributed by atoms with Crippen LogP contribution in [0.15, 0.2) is 61.2 Å². The van der Waals surface area contributed by atoms with Gasteiger partial charge in [-0.3, -0.25) is 0 Å². The topological polar surface area (TPSA) is 68.7 Å². The molecule has 1 N–H and O–H groups in total. The van der Waals surface area contributed by atoms with Crippen molar-refractivity contribution < 1.29 is 32.5 Å². The molecule has 0 aliphatic heterocycles. The van der Waals surface area contributed by atoms with Gasteiger partial charge in [0.2, 0.25) is 0 Å². The van der Waals surface area contributed by atoms with E-state index in [2.05, 4.69) is 11.6 Å². The lowest BCUT2D eigenvalue weighted by molar-refractivity contribution is -0.139. The Morgan fingerprint density at radius 3 is 2.47 bits per heavy atom. The van der Waals surface area contributed by atoms with Crippen molar-refractivity contribution in [1.29, 1.82) is 0 Å². The number of benzene rings is 2. The Bertz CT molecular complexity index is 1210. The van der Waals surface area contributed by atoms with Gasteiger partial charge in [0.15, 0.2) is 6.61 Å². The summed E-state index contributed by atoms with van der Waals surface area (Å²) in [5, 5.41) is 9.37. The van der Waals surface area contributed by atoms with E-state index in [0.717, 1.165) is 17.0 Å². The maximum Gasteiger partial charge on any atom is 0.416 e. The molecule has 2 aromatic carbocycles. The first-order chi connectivity index (χ1) is 16.1. The van der Waals surface area contributed by atoms with Crippen LogP contribution in [0.25, 0.3) is 16.8 Å². The molecule has 0 aliphatic rings. The molecule has 3 rings (SSSR count). The van der Waals surface area contributed by atoms with Crippen LogP contribution < -0.4 is 9.47 Å². The number of rotatable bonds is 9. The summed E-state index contributed by atoms with van der Waals surface area (Å²) in [4.78, 5) is 16.0. The number of carboxylic acid groups (broad SMARTS) is 1. The van der Waals surface area contributed by atoms with Crippen LogP contribution in [0.2, 0.25) is 0 Å². The minimum Gasteiger partial charge on any atom is -0.486 e. The van der Waals surface area contributed by atoms with Gasteiger partial charge in [0.05, 0.1) is 16.1 Å². The fraction of sp³-hybridized carbons (Fsp3) is 0.200. The highest BCUT2D eigenvalue weighted by atomic mass is 32.1. The number of alkyl halides is 3. The van der Waals surface area contributed by atoms with E-state index in [0.29, 0.717) is 38.9 Å². The van der Waals surface area contributed by atoms with Crippen LogP contribution in [0, 0.1) is 6.92 Å². The molecule has 0 radical (unpaired) electrons. The van der Waals surface area contributed by atoms with Crippen LogP contribution in [-0.4, -0.2) is 22.7 Å². The lowest BCUT2D eigenvalue weighted by Gasteiger charge is -2.09. The Morgan fingerprint density at radius 2 is 1.88 bits per heavy atom. The quantitative estimate of drug-likeness (QED) is 0.336. The molecule has 0 bridgehead atoms. The number of aryl methyl sites for hydroxylation is 1. The van der Waals surface area contributed by atoms with Gasteiger partial charge in [0, 0.05) is 5.56 Å². The summed E-state index contributed by atoms with van der Waals surface area (Å²) in [5.41, 5.74) is 1.76. The third kappa shape index (κ3) is 6.26. The third-order valence-electron chi connectivity index (χ3n) is 4.68. The van der Waals surface area contributed by atoms with Crippen molar-refractivity contribution in [2.75, 3.05) is 6.61 Å². The van der Waals surface area contributed by atoms with E-state index in [1.54, 1.807) is 25.1 Å². The molecular weight excluding hydrogens is 467 g/mol. The van der Waals surface area contributed by atoms with Crippen molar-refractivity contribution in [1.82, 2.24) is 4.98 Å². The molecule has 0 fully saturated rings. The number of hydrogen-bond acceptors (Lipinski definition) is 5. The van der Waals surface area contributed by atoms with Gasteiger partial charge in [-0.05, 0) is 55.3 Å². The fourth-order valence-corrected chi connectivity index (χ4v) is 4.04. The summed E-state index contributed by atoms with van der Waals surface area (Å²) in [6, 6.07) is 9.87. The Kier molecular flexibility index (Phi) is 7.78. The van der Waals surface area contributed by atoms with E-state index in [1.807, 2.05) is 19.1 Å². The summed E-state index contributed by atoms with van der Waals surface area (Å²) in [7, 11) is 0. The highest BCUT2D eigenvalue weighted by Gasteiger charge is 2.30. The summed E-state index contributed by atoms with van der Waals surface area (Å²) in [5.74, 6) is -0.0820. The number of carbonyl (C=O) groups is 1. The van der Waals surface area contributed by atoms with Crippen molar-refractivity contribution in [3.05, 3.63) is 82.2 Å². The summed E-state index contributed by atoms with van der Waals surface area (Å²) in [6.07, 6.45) is -0.778. The Hall–Kier alpha value is -3.59. The first-order valence-corrected chi connectivity index (χ1v) is 11.0. The van der Waals surface area contributed by atoms with Crippen LogP contribution in [0.3, 0.4) is 0 Å². The monoisotopic (exact) mass is 489 g/mol. The average Bonchev–Trinajstić information content (AvgIpc) is 3.21. The predicted molar refractivity (Wildman–Crippen MR) is 125 cm³/mol. The maximum absolute atomic E-state index is 12.9. The van der Waals surface area contributed by atoms with Gasteiger partial charge in [-0.2, -0.15) is 13.2 Å². The normalized spacial score (nSPS) is 11.6. The third-order valence-corrected chi connectivity index (χ3v) is 5.78. The van der Waals surface area contributed by atoms with Crippen molar-refractivity contribution >= 4 is 22.9 Å². The van der Waals surface area contributed by atoms with Crippen LogP contribution >= 0.6 is 11.3 Å². The number of carboxylic acids is 1. The summed E-state index contributed by atoms with van der Waals surface area (Å²) in [6.45, 7) is 7.36. The van der Waals surface area contributed by atoms with Crippen molar-refractivity contribution in [3.8, 4) is 22.8 Å². The average molecular weight is 490 g/mol. The van der Waals surface area contributed by atoms with Gasteiger partial charge in [0.25, 0.3) is 0 Å². The minimum atomic E-state index is -4.41. The van der Waals surface area contributed by atoms with E-state index < -0.39 is 24.3 Å². The molecule has 5 nitrogen and oxygen atoms in total. The molecule has 178 valence electrons. The van der Waals surface area contributed by atoms with E-state index >= 15 is 0 Å². The van der Waals surface area contributed by atoms with Gasteiger partial charge < -0.3 is 14.6 Å². The highest BCUT2D eigenvalue weighted by Crippen LogP contribution is 2.36. The number of hydrogen-bond donors (Lipinski definition) is 1. The molecule has 1 heterocycles.